The van der Waals surface area contributed by atoms with Crippen LogP contribution in [0.15, 0.2) is 11.1 Å². The molecule has 1 aromatic rings. The van der Waals surface area contributed by atoms with E-state index in [1.807, 2.05) is 0 Å². The van der Waals surface area contributed by atoms with E-state index in [-0.39, 0.29) is 4.90 Å². The predicted octanol–water partition coefficient (Wildman–Crippen LogP) is 1.33. The van der Waals surface area contributed by atoms with Crippen LogP contribution in [0.1, 0.15) is 25.7 Å². The summed E-state index contributed by atoms with van der Waals surface area (Å²) in [5.74, 6) is 3.12. The number of hydrogen-bond acceptors (Lipinski definition) is 4. The number of nitrogens with zero attached hydrogens (tertiary/aromatic N) is 3. The van der Waals surface area contributed by atoms with Crippen molar-refractivity contribution in [2.24, 2.45) is 23.7 Å². The van der Waals surface area contributed by atoms with E-state index >= 15 is 0 Å². The van der Waals surface area contributed by atoms with E-state index in [1.165, 1.54) is 25.5 Å². The fourth-order valence-corrected chi connectivity index (χ4v) is 6.78. The number of hydrogen-bond donors (Lipinski definition) is 0. The van der Waals surface area contributed by atoms with Gasteiger partial charge in [-0.15, -0.1) is 0 Å². The van der Waals surface area contributed by atoms with Crippen molar-refractivity contribution >= 4 is 10.0 Å². The molecule has 0 amide bonds. The molecule has 0 radical (unpaired) electrons. The average Bonchev–Trinajstić information content (AvgIpc) is 3.26. The molecule has 2 bridgehead atoms. The maximum Gasteiger partial charge on any atom is 0.250 e. The molecule has 6 nitrogen and oxygen atoms in total. The molecule has 4 unspecified atom stereocenters. The number of sulfonamides is 1. The van der Waals surface area contributed by atoms with Gasteiger partial charge in [-0.3, -0.25) is 0 Å². The Morgan fingerprint density at radius 2 is 1.91 bits per heavy atom. The van der Waals surface area contributed by atoms with Gasteiger partial charge in [-0.2, -0.15) is 9.40 Å². The largest absolute Gasteiger partial charge is 0.477 e. The van der Waals surface area contributed by atoms with Crippen molar-refractivity contribution in [1.29, 1.82) is 0 Å². The van der Waals surface area contributed by atoms with Crippen molar-refractivity contribution in [3.8, 4) is 5.88 Å². The lowest BCUT2D eigenvalue weighted by atomic mass is 9.82. The van der Waals surface area contributed by atoms with Gasteiger partial charge in [0.05, 0.1) is 12.8 Å². The van der Waals surface area contributed by atoms with Gasteiger partial charge in [0.15, 0.2) is 4.90 Å². The Morgan fingerprint density at radius 1 is 1.18 bits per heavy atom. The van der Waals surface area contributed by atoms with Gasteiger partial charge in [-0.1, -0.05) is 0 Å². The minimum Gasteiger partial charge on any atom is -0.477 e. The lowest BCUT2D eigenvalue weighted by Gasteiger charge is -2.22. The molecule has 2 aliphatic carbocycles. The molecule has 22 heavy (non-hydrogen) atoms. The van der Waals surface area contributed by atoms with Crippen LogP contribution in [0, 0.1) is 23.7 Å². The lowest BCUT2D eigenvalue weighted by Crippen LogP contribution is -2.31. The molecule has 4 aliphatic rings. The van der Waals surface area contributed by atoms with E-state index in [2.05, 4.69) is 5.10 Å². The highest BCUT2D eigenvalue weighted by molar-refractivity contribution is 7.89. The van der Waals surface area contributed by atoms with Crippen LogP contribution in [0.4, 0.5) is 0 Å². The quantitative estimate of drug-likeness (QED) is 0.824. The molecule has 3 heterocycles. The summed E-state index contributed by atoms with van der Waals surface area (Å²) in [6.45, 7) is 2.70. The maximum atomic E-state index is 13.0. The first kappa shape index (κ1) is 13.4. The first-order chi connectivity index (χ1) is 10.6. The molecule has 0 N–H and O–H groups in total. The van der Waals surface area contributed by atoms with Gasteiger partial charge >= 0.3 is 0 Å². The highest BCUT2D eigenvalue weighted by atomic mass is 32.2. The second-order valence-corrected chi connectivity index (χ2v) is 9.13. The number of fused-ring (bicyclic) bond motifs is 6. The van der Waals surface area contributed by atoms with E-state index in [0.29, 0.717) is 37.4 Å². The van der Waals surface area contributed by atoms with Gasteiger partial charge < -0.3 is 4.74 Å². The average molecular weight is 323 g/mol. The highest BCUT2D eigenvalue weighted by Crippen LogP contribution is 2.55. The molecule has 1 aromatic heterocycles. The van der Waals surface area contributed by atoms with Crippen LogP contribution in [-0.2, 0) is 16.6 Å². The van der Waals surface area contributed by atoms with Crippen molar-refractivity contribution < 1.29 is 13.2 Å². The Balaban J connectivity index is 1.47. The Labute approximate surface area is 130 Å². The first-order valence-electron chi connectivity index (χ1n) is 8.33. The topological polar surface area (TPSA) is 64.4 Å². The summed E-state index contributed by atoms with van der Waals surface area (Å²) in [6, 6.07) is 0. The second kappa shape index (κ2) is 4.47. The zero-order valence-electron chi connectivity index (χ0n) is 12.5. The van der Waals surface area contributed by atoms with Crippen molar-refractivity contribution in [2.75, 3.05) is 19.7 Å². The molecule has 2 saturated carbocycles. The Kier molecular flexibility index (Phi) is 2.72. The molecule has 4 atom stereocenters. The monoisotopic (exact) mass is 323 g/mol. The molecule has 7 heteroatoms. The summed E-state index contributed by atoms with van der Waals surface area (Å²) in [4.78, 5) is 0.263. The van der Waals surface area contributed by atoms with Gasteiger partial charge in [0.1, 0.15) is 0 Å². The third-order valence-corrected chi connectivity index (χ3v) is 8.05. The fourth-order valence-electron chi connectivity index (χ4n) is 5.20. The highest BCUT2D eigenvalue weighted by Gasteiger charge is 2.54. The molecular weight excluding hydrogens is 302 g/mol. The zero-order valence-corrected chi connectivity index (χ0v) is 13.3. The van der Waals surface area contributed by atoms with E-state index in [0.717, 1.165) is 24.8 Å². The van der Waals surface area contributed by atoms with E-state index in [1.54, 1.807) is 8.99 Å². The summed E-state index contributed by atoms with van der Waals surface area (Å²) in [6.07, 6.45) is 6.28. The number of rotatable bonds is 2. The second-order valence-electron chi connectivity index (χ2n) is 7.22. The van der Waals surface area contributed by atoms with Crippen LogP contribution in [0.3, 0.4) is 0 Å². The Bertz CT molecular complexity index is 696. The minimum atomic E-state index is -3.47. The predicted molar refractivity (Wildman–Crippen MR) is 78.9 cm³/mol. The summed E-state index contributed by atoms with van der Waals surface area (Å²) < 4.78 is 35.0. The molecule has 0 spiro atoms. The van der Waals surface area contributed by atoms with Crippen molar-refractivity contribution in [3.63, 3.8) is 0 Å². The van der Waals surface area contributed by atoms with E-state index in [9.17, 15) is 8.42 Å². The van der Waals surface area contributed by atoms with Gasteiger partial charge in [0.25, 0.3) is 0 Å². The van der Waals surface area contributed by atoms with Gasteiger partial charge in [-0.25, -0.2) is 13.1 Å². The van der Waals surface area contributed by atoms with Crippen LogP contribution in [0.25, 0.3) is 0 Å². The zero-order chi connectivity index (χ0) is 14.9. The summed E-state index contributed by atoms with van der Waals surface area (Å²) in [5, 5.41) is 4.19. The third kappa shape index (κ3) is 1.69. The van der Waals surface area contributed by atoms with Crippen LogP contribution in [0.5, 0.6) is 5.88 Å². The van der Waals surface area contributed by atoms with Gasteiger partial charge in [0, 0.05) is 26.1 Å². The van der Waals surface area contributed by atoms with Crippen molar-refractivity contribution in [3.05, 3.63) is 6.20 Å². The summed E-state index contributed by atoms with van der Waals surface area (Å²) >= 11 is 0. The smallest absolute Gasteiger partial charge is 0.250 e. The first-order valence-corrected chi connectivity index (χ1v) is 9.77. The number of aryl methyl sites for hydroxylation is 1. The summed E-state index contributed by atoms with van der Waals surface area (Å²) in [7, 11) is -3.47. The van der Waals surface area contributed by atoms with Crippen LogP contribution in [-0.4, -0.2) is 42.2 Å². The van der Waals surface area contributed by atoms with Gasteiger partial charge in [0.2, 0.25) is 15.9 Å². The Hall–Kier alpha value is -1.08. The Morgan fingerprint density at radius 3 is 2.64 bits per heavy atom. The van der Waals surface area contributed by atoms with Crippen LogP contribution < -0.4 is 4.74 Å². The van der Waals surface area contributed by atoms with E-state index < -0.39 is 10.0 Å². The fraction of sp³-hybridized carbons (Fsp3) is 0.800. The molecule has 120 valence electrons. The minimum absolute atomic E-state index is 0.263. The SMILES string of the molecule is O=S(=O)(c1cnn2c1OCCC2)N1CC2C3CCC(C3)C2C1. The summed E-state index contributed by atoms with van der Waals surface area (Å²) in [5.41, 5.74) is 0. The van der Waals surface area contributed by atoms with Crippen molar-refractivity contribution in [1.82, 2.24) is 14.1 Å². The molecule has 5 rings (SSSR count). The number of aromatic nitrogens is 2. The maximum absolute atomic E-state index is 13.0. The molecular formula is C15H21N3O3S. The molecule has 1 saturated heterocycles. The van der Waals surface area contributed by atoms with Crippen LogP contribution in [0.2, 0.25) is 0 Å². The molecule has 0 aromatic carbocycles. The third-order valence-electron chi connectivity index (χ3n) is 6.23. The van der Waals surface area contributed by atoms with Crippen molar-refractivity contribution in [2.45, 2.75) is 37.1 Å². The van der Waals surface area contributed by atoms with Crippen LogP contribution >= 0.6 is 0 Å². The molecule has 3 fully saturated rings. The normalized spacial score (nSPS) is 37.1. The lowest BCUT2D eigenvalue weighted by molar-refractivity contribution is 0.224. The molecule has 2 aliphatic heterocycles. The standard InChI is InChI=1S/C15H21N3O3S/c19-22(20,14-7-16-18-4-1-5-21-15(14)18)17-8-12-10-2-3-11(6-10)13(12)9-17/h7,10-13H,1-6,8-9H2. The van der Waals surface area contributed by atoms with E-state index in [4.69, 9.17) is 4.74 Å². The number of ether oxygens (including phenoxy) is 1. The van der Waals surface area contributed by atoms with Gasteiger partial charge in [-0.05, 0) is 42.9 Å².